The molecule has 1 aromatic carbocycles. The first-order chi connectivity index (χ1) is 6.91. The Balaban J connectivity index is 0. The van der Waals surface area contributed by atoms with Crippen LogP contribution in [0.4, 0.5) is 11.4 Å². The number of benzene rings is 1. The van der Waals surface area contributed by atoms with Crippen molar-refractivity contribution < 1.29 is 40.0 Å². The standard InChI is InChI=1S/C7H4N2O6.Li.H/c10-7(11)4-1-5(8(12)13)3-6(2-4)9(14)15;;/h1-3H,(H,10,11);;/q;+1;-1. The third-order valence-corrected chi connectivity index (χ3v) is 1.57. The molecule has 0 saturated carbocycles. The minimum absolute atomic E-state index is 0. The normalized spacial score (nSPS) is 9.00. The number of carbonyl (C=O) groups is 1. The zero-order valence-corrected chi connectivity index (χ0v) is 8.11. The SMILES string of the molecule is O=C(O)c1cc([N+](=O)[O-])cc([N+](=O)[O-])c1.[H-].[Li+]. The van der Waals surface area contributed by atoms with E-state index >= 15 is 0 Å². The molecule has 0 atom stereocenters. The molecule has 16 heavy (non-hydrogen) atoms. The topological polar surface area (TPSA) is 124 Å². The van der Waals surface area contributed by atoms with Crippen LogP contribution in [0, 0.1) is 20.2 Å². The molecule has 0 radical (unpaired) electrons. The zero-order valence-electron chi connectivity index (χ0n) is 9.11. The predicted octanol–water partition coefficient (Wildman–Crippen LogP) is -1.68. The van der Waals surface area contributed by atoms with Gasteiger partial charge in [-0.3, -0.25) is 20.2 Å². The Kier molecular flexibility index (Phi) is 4.62. The van der Waals surface area contributed by atoms with E-state index in [4.69, 9.17) is 5.11 Å². The minimum atomic E-state index is -1.46. The third kappa shape index (κ3) is 3.05. The maximum atomic E-state index is 10.5. The Morgan fingerprint density at radius 3 is 1.75 bits per heavy atom. The number of aromatic carboxylic acids is 1. The molecule has 0 heterocycles. The van der Waals surface area contributed by atoms with Crippen LogP contribution in [0.3, 0.4) is 0 Å². The summed E-state index contributed by atoms with van der Waals surface area (Å²) in [6.07, 6.45) is 0. The van der Waals surface area contributed by atoms with E-state index in [1.165, 1.54) is 0 Å². The second kappa shape index (κ2) is 5.25. The molecule has 0 amide bonds. The summed E-state index contributed by atoms with van der Waals surface area (Å²) in [6.45, 7) is 0. The number of nitro benzene ring substituents is 2. The van der Waals surface area contributed by atoms with Gasteiger partial charge >= 0.3 is 24.8 Å². The summed E-state index contributed by atoms with van der Waals surface area (Å²) in [5.41, 5.74) is -1.74. The molecule has 1 aromatic rings. The smallest absolute Gasteiger partial charge is 1.00 e. The van der Waals surface area contributed by atoms with Crippen LogP contribution in [0.25, 0.3) is 0 Å². The Labute approximate surface area is 102 Å². The number of rotatable bonds is 3. The van der Waals surface area contributed by atoms with Crippen LogP contribution >= 0.6 is 0 Å². The van der Waals surface area contributed by atoms with Crippen molar-refractivity contribution in [2.75, 3.05) is 0 Å². The Bertz CT molecular complexity index is 387. The van der Waals surface area contributed by atoms with Crippen molar-refractivity contribution >= 4 is 17.3 Å². The van der Waals surface area contributed by atoms with Gasteiger partial charge in [0.2, 0.25) is 0 Å². The summed E-state index contributed by atoms with van der Waals surface area (Å²) in [6, 6.07) is 2.22. The van der Waals surface area contributed by atoms with Crippen LogP contribution in [0.2, 0.25) is 0 Å². The number of hydrogen-bond acceptors (Lipinski definition) is 5. The van der Waals surface area contributed by atoms with Crippen LogP contribution in [0.15, 0.2) is 18.2 Å². The molecule has 1 rings (SSSR count). The van der Waals surface area contributed by atoms with Crippen LogP contribution in [-0.4, -0.2) is 20.9 Å². The average Bonchev–Trinajstić information content (AvgIpc) is 2.16. The molecule has 0 saturated heterocycles. The van der Waals surface area contributed by atoms with E-state index in [0.717, 1.165) is 12.1 Å². The van der Waals surface area contributed by atoms with Gasteiger partial charge in [-0.15, -0.1) is 0 Å². The molecule has 80 valence electrons. The first-order valence-electron chi connectivity index (χ1n) is 3.59. The van der Waals surface area contributed by atoms with Gasteiger partial charge in [0, 0.05) is 12.1 Å². The number of carboxylic acids is 1. The fourth-order valence-electron chi connectivity index (χ4n) is 0.929. The van der Waals surface area contributed by atoms with Crippen molar-refractivity contribution in [3.05, 3.63) is 44.0 Å². The summed E-state index contributed by atoms with van der Waals surface area (Å²) in [5.74, 6) is -1.46. The van der Waals surface area contributed by atoms with E-state index < -0.39 is 32.8 Å². The summed E-state index contributed by atoms with van der Waals surface area (Å²) in [7, 11) is 0. The molecule has 0 aliphatic carbocycles. The van der Waals surface area contributed by atoms with Crippen molar-refractivity contribution in [2.45, 2.75) is 0 Å². The third-order valence-electron chi connectivity index (χ3n) is 1.57. The van der Waals surface area contributed by atoms with Gasteiger partial charge in [-0.1, -0.05) is 0 Å². The van der Waals surface area contributed by atoms with Crippen molar-refractivity contribution in [3.8, 4) is 0 Å². The summed E-state index contributed by atoms with van der Waals surface area (Å²) in [4.78, 5) is 29.4. The van der Waals surface area contributed by atoms with Gasteiger partial charge in [-0.25, -0.2) is 4.79 Å². The van der Waals surface area contributed by atoms with E-state index in [1.54, 1.807) is 0 Å². The first-order valence-corrected chi connectivity index (χ1v) is 3.59. The van der Waals surface area contributed by atoms with Gasteiger partial charge in [0.05, 0.1) is 21.5 Å². The van der Waals surface area contributed by atoms with E-state index in [2.05, 4.69) is 0 Å². The van der Waals surface area contributed by atoms with E-state index in [-0.39, 0.29) is 20.3 Å². The molecule has 0 unspecified atom stereocenters. The van der Waals surface area contributed by atoms with Gasteiger partial charge in [0.1, 0.15) is 0 Å². The largest absolute Gasteiger partial charge is 1.00 e. The number of nitro groups is 2. The molecular formula is C7H5LiN2O6. The van der Waals surface area contributed by atoms with Crippen molar-refractivity contribution in [1.29, 1.82) is 0 Å². The maximum Gasteiger partial charge on any atom is 1.00 e. The first kappa shape index (κ1) is 14.1. The molecule has 8 nitrogen and oxygen atoms in total. The van der Waals surface area contributed by atoms with Crippen LogP contribution < -0.4 is 18.9 Å². The van der Waals surface area contributed by atoms with Crippen molar-refractivity contribution in [3.63, 3.8) is 0 Å². The molecule has 0 spiro atoms. The molecule has 9 heteroatoms. The van der Waals surface area contributed by atoms with Gasteiger partial charge in [-0.2, -0.15) is 0 Å². The van der Waals surface area contributed by atoms with Crippen molar-refractivity contribution in [1.82, 2.24) is 0 Å². The fraction of sp³-hybridized carbons (Fsp3) is 0. The van der Waals surface area contributed by atoms with Gasteiger partial charge in [-0.05, 0) is 0 Å². The second-order valence-corrected chi connectivity index (χ2v) is 2.56. The van der Waals surface area contributed by atoms with Gasteiger partial charge in [0.25, 0.3) is 11.4 Å². The monoisotopic (exact) mass is 220 g/mol. The molecule has 1 N–H and O–H groups in total. The quantitative estimate of drug-likeness (QED) is 0.368. The van der Waals surface area contributed by atoms with Crippen molar-refractivity contribution in [2.24, 2.45) is 0 Å². The van der Waals surface area contributed by atoms with Gasteiger partial charge < -0.3 is 6.53 Å². The number of hydrogen-bond donors (Lipinski definition) is 1. The molecule has 0 aliphatic heterocycles. The fourth-order valence-corrected chi connectivity index (χ4v) is 0.929. The molecule has 0 bridgehead atoms. The van der Waals surface area contributed by atoms with E-state index in [9.17, 15) is 25.0 Å². The number of nitrogens with zero attached hydrogens (tertiary/aromatic N) is 2. The molecular weight excluding hydrogens is 215 g/mol. The second-order valence-electron chi connectivity index (χ2n) is 2.56. The van der Waals surface area contributed by atoms with Crippen LogP contribution in [-0.2, 0) is 0 Å². The Morgan fingerprint density at radius 2 is 1.50 bits per heavy atom. The van der Waals surface area contributed by atoms with E-state index in [0.29, 0.717) is 6.07 Å². The summed E-state index contributed by atoms with van der Waals surface area (Å²) in [5, 5.41) is 29.2. The molecule has 0 aliphatic rings. The van der Waals surface area contributed by atoms with E-state index in [1.807, 2.05) is 0 Å². The number of carboxylic acid groups (broad SMARTS) is 1. The Morgan fingerprint density at radius 1 is 1.12 bits per heavy atom. The molecule has 0 aromatic heterocycles. The Hall–Kier alpha value is -1.91. The van der Waals surface area contributed by atoms with Crippen LogP contribution in [0.5, 0.6) is 0 Å². The minimum Gasteiger partial charge on any atom is -1.00 e. The van der Waals surface area contributed by atoms with Gasteiger partial charge in [0.15, 0.2) is 0 Å². The predicted molar refractivity (Wildman–Crippen MR) is 47.8 cm³/mol. The molecule has 0 fully saturated rings. The zero-order chi connectivity index (χ0) is 11.6. The van der Waals surface area contributed by atoms with Crippen LogP contribution in [0.1, 0.15) is 11.8 Å². The average molecular weight is 220 g/mol. The maximum absolute atomic E-state index is 10.5. The summed E-state index contributed by atoms with van der Waals surface area (Å²) >= 11 is 0. The number of non-ortho nitro benzene ring substituents is 2. The summed E-state index contributed by atoms with van der Waals surface area (Å²) < 4.78 is 0.